The minimum atomic E-state index is -1.43. The van der Waals surface area contributed by atoms with Gasteiger partial charge < -0.3 is 24.6 Å². The van der Waals surface area contributed by atoms with E-state index < -0.39 is 18.1 Å². The molecule has 1 amide bonds. The number of methoxy groups -OCH3 is 2. The number of carbonyl (C=O) groups excluding carboxylic acids is 1. The molecule has 0 spiro atoms. The molecule has 2 N–H and O–H groups in total. The summed E-state index contributed by atoms with van der Waals surface area (Å²) in [7, 11) is 2.76. The van der Waals surface area contributed by atoms with Crippen LogP contribution in [0, 0.1) is 0 Å². The van der Waals surface area contributed by atoms with Gasteiger partial charge in [-0.15, -0.1) is 0 Å². The summed E-state index contributed by atoms with van der Waals surface area (Å²) in [5.74, 6) is -0.891. The summed E-state index contributed by atoms with van der Waals surface area (Å²) in [6, 6.07) is 10.5. The summed E-state index contributed by atoms with van der Waals surface area (Å²) in [5, 5.41) is 12.1. The zero-order valence-electron chi connectivity index (χ0n) is 14.2. The van der Waals surface area contributed by atoms with E-state index in [0.717, 1.165) is 5.56 Å². The molecule has 2 aromatic rings. The molecule has 0 aliphatic rings. The lowest BCUT2D eigenvalue weighted by Gasteiger charge is -2.19. The third kappa shape index (κ3) is 4.80. The largest absolute Gasteiger partial charge is 0.493 e. The van der Waals surface area contributed by atoms with E-state index >= 15 is 0 Å². The maximum atomic E-state index is 12.0. The van der Waals surface area contributed by atoms with Crippen LogP contribution in [0.15, 0.2) is 42.5 Å². The van der Waals surface area contributed by atoms with Crippen LogP contribution in [0.2, 0.25) is 5.02 Å². The Bertz CT molecular complexity index is 781. The highest BCUT2D eigenvalue weighted by Crippen LogP contribution is 2.38. The van der Waals surface area contributed by atoms with Gasteiger partial charge in [0.2, 0.25) is 0 Å². The van der Waals surface area contributed by atoms with E-state index in [2.05, 4.69) is 5.32 Å². The first-order valence-corrected chi connectivity index (χ1v) is 7.95. The highest BCUT2D eigenvalue weighted by molar-refractivity contribution is 6.30. The Morgan fingerprint density at radius 3 is 2.42 bits per heavy atom. The van der Waals surface area contributed by atoms with Gasteiger partial charge in [-0.2, -0.15) is 0 Å². The summed E-state index contributed by atoms with van der Waals surface area (Å²) in [6.07, 6.45) is -0.887. The van der Waals surface area contributed by atoms with Crippen LogP contribution < -0.4 is 14.8 Å². The highest BCUT2D eigenvalue weighted by atomic mass is 35.5. The fourth-order valence-corrected chi connectivity index (χ4v) is 2.55. The second-order valence-corrected chi connectivity index (χ2v) is 5.64. The number of carboxylic acids is 1. The van der Waals surface area contributed by atoms with Crippen molar-refractivity contribution >= 4 is 23.7 Å². The summed E-state index contributed by atoms with van der Waals surface area (Å²) in [6.45, 7) is 0.00894. The first-order valence-electron chi connectivity index (χ1n) is 7.57. The van der Waals surface area contributed by atoms with Crippen LogP contribution in [0.3, 0.4) is 0 Å². The predicted molar refractivity (Wildman–Crippen MR) is 94.7 cm³/mol. The lowest BCUT2D eigenvalue weighted by Crippen LogP contribution is -2.34. The smallest absolute Gasteiger partial charge is 0.408 e. The van der Waals surface area contributed by atoms with Crippen molar-refractivity contribution in [1.29, 1.82) is 0 Å². The summed E-state index contributed by atoms with van der Waals surface area (Å²) in [5.41, 5.74) is 0.914. The van der Waals surface area contributed by atoms with E-state index in [-0.39, 0.29) is 28.7 Å². The van der Waals surface area contributed by atoms with Gasteiger partial charge in [0, 0.05) is 16.7 Å². The van der Waals surface area contributed by atoms with Gasteiger partial charge in [-0.3, -0.25) is 0 Å². The normalized spacial score (nSPS) is 11.3. The molecule has 0 fully saturated rings. The molecule has 0 heterocycles. The standard InChI is InChI=1S/C18H18ClNO6/c1-24-14-9-12(19)8-13(16(14)25-2)15(17(21)22)20-18(23)26-10-11-6-4-3-5-7-11/h3-9,15H,10H2,1-2H3,(H,20,23)(H,21,22)/t15-/m1/s1. The van der Waals surface area contributed by atoms with E-state index in [9.17, 15) is 14.7 Å². The Labute approximate surface area is 155 Å². The number of aliphatic carboxylic acids is 1. The average Bonchev–Trinajstić information content (AvgIpc) is 2.64. The minimum Gasteiger partial charge on any atom is -0.493 e. The molecule has 2 aromatic carbocycles. The third-order valence-electron chi connectivity index (χ3n) is 3.51. The second kappa shape index (κ2) is 8.96. The Kier molecular flexibility index (Phi) is 6.68. The quantitative estimate of drug-likeness (QED) is 0.765. The van der Waals surface area contributed by atoms with E-state index in [4.69, 9.17) is 25.8 Å². The van der Waals surface area contributed by atoms with Crippen LogP contribution in [-0.4, -0.2) is 31.4 Å². The maximum Gasteiger partial charge on any atom is 0.408 e. The van der Waals surface area contributed by atoms with Gasteiger partial charge in [-0.1, -0.05) is 41.9 Å². The van der Waals surface area contributed by atoms with Crippen LogP contribution in [0.25, 0.3) is 0 Å². The fourth-order valence-electron chi connectivity index (χ4n) is 2.33. The van der Waals surface area contributed by atoms with Crippen molar-refractivity contribution in [3.63, 3.8) is 0 Å². The fraction of sp³-hybridized carbons (Fsp3) is 0.222. The molecule has 0 aromatic heterocycles. The Morgan fingerprint density at radius 2 is 1.85 bits per heavy atom. The molecule has 0 aliphatic heterocycles. The lowest BCUT2D eigenvalue weighted by molar-refractivity contribution is -0.139. The Balaban J connectivity index is 2.20. The average molecular weight is 380 g/mol. The van der Waals surface area contributed by atoms with E-state index in [1.807, 2.05) is 6.07 Å². The molecular weight excluding hydrogens is 362 g/mol. The number of amides is 1. The van der Waals surface area contributed by atoms with Gasteiger partial charge in [0.05, 0.1) is 14.2 Å². The van der Waals surface area contributed by atoms with Crippen molar-refractivity contribution in [1.82, 2.24) is 5.32 Å². The van der Waals surface area contributed by atoms with Crippen molar-refractivity contribution in [2.45, 2.75) is 12.6 Å². The van der Waals surface area contributed by atoms with E-state index in [0.29, 0.717) is 0 Å². The minimum absolute atomic E-state index is 0.00894. The first-order chi connectivity index (χ1) is 12.5. The highest BCUT2D eigenvalue weighted by Gasteiger charge is 2.28. The molecule has 138 valence electrons. The number of ether oxygens (including phenoxy) is 3. The third-order valence-corrected chi connectivity index (χ3v) is 3.72. The molecule has 0 saturated carbocycles. The molecule has 2 rings (SSSR count). The molecule has 0 aliphatic carbocycles. The summed E-state index contributed by atoms with van der Waals surface area (Å²) < 4.78 is 15.4. The summed E-state index contributed by atoms with van der Waals surface area (Å²) >= 11 is 6.01. The van der Waals surface area contributed by atoms with Crippen molar-refractivity contribution in [3.8, 4) is 11.5 Å². The van der Waals surface area contributed by atoms with E-state index in [1.54, 1.807) is 24.3 Å². The number of halogens is 1. The number of hydrogen-bond donors (Lipinski definition) is 2. The van der Waals surface area contributed by atoms with Crippen LogP contribution in [0.1, 0.15) is 17.2 Å². The molecule has 0 unspecified atom stereocenters. The second-order valence-electron chi connectivity index (χ2n) is 5.21. The maximum absolute atomic E-state index is 12.0. The number of nitrogens with one attached hydrogen (secondary N) is 1. The van der Waals surface area contributed by atoms with Crippen molar-refractivity contribution < 1.29 is 28.9 Å². The zero-order chi connectivity index (χ0) is 19.1. The van der Waals surface area contributed by atoms with Crippen molar-refractivity contribution in [2.75, 3.05) is 14.2 Å². The SMILES string of the molecule is COc1cc(Cl)cc([C@@H](NC(=O)OCc2ccccc2)C(=O)O)c1OC. The van der Waals surface area contributed by atoms with Gasteiger partial charge >= 0.3 is 12.1 Å². The molecule has 8 heteroatoms. The first kappa shape index (κ1) is 19.4. The van der Waals surface area contributed by atoms with Gasteiger partial charge in [0.25, 0.3) is 0 Å². The molecule has 26 heavy (non-hydrogen) atoms. The molecule has 0 saturated heterocycles. The predicted octanol–water partition coefficient (Wildman–Crippen LogP) is 3.41. The van der Waals surface area contributed by atoms with Crippen LogP contribution in [0.4, 0.5) is 4.79 Å². The van der Waals surface area contributed by atoms with Gasteiger partial charge in [-0.05, 0) is 11.6 Å². The number of benzene rings is 2. The number of alkyl carbamates (subject to hydrolysis) is 1. The van der Waals surface area contributed by atoms with E-state index in [1.165, 1.54) is 26.4 Å². The molecule has 1 atom stereocenters. The Morgan fingerprint density at radius 1 is 1.15 bits per heavy atom. The topological polar surface area (TPSA) is 94.1 Å². The molecule has 0 radical (unpaired) electrons. The number of rotatable bonds is 7. The van der Waals surface area contributed by atoms with Crippen LogP contribution >= 0.6 is 11.6 Å². The number of carboxylic acid groups (broad SMARTS) is 1. The monoisotopic (exact) mass is 379 g/mol. The summed E-state index contributed by atoms with van der Waals surface area (Å²) in [4.78, 5) is 23.7. The molecule has 0 bridgehead atoms. The lowest BCUT2D eigenvalue weighted by atomic mass is 10.1. The van der Waals surface area contributed by atoms with Gasteiger partial charge in [0.1, 0.15) is 6.61 Å². The van der Waals surface area contributed by atoms with Gasteiger partial charge in [-0.25, -0.2) is 9.59 Å². The number of hydrogen-bond acceptors (Lipinski definition) is 5. The van der Waals surface area contributed by atoms with Crippen LogP contribution in [0.5, 0.6) is 11.5 Å². The zero-order valence-corrected chi connectivity index (χ0v) is 14.9. The molecular formula is C18H18ClNO6. The Hall–Kier alpha value is -2.93. The van der Waals surface area contributed by atoms with Crippen molar-refractivity contribution in [2.24, 2.45) is 0 Å². The van der Waals surface area contributed by atoms with Crippen molar-refractivity contribution in [3.05, 3.63) is 58.6 Å². The number of carbonyl (C=O) groups is 2. The molecule has 7 nitrogen and oxygen atoms in total. The van der Waals surface area contributed by atoms with Gasteiger partial charge in [0.15, 0.2) is 17.5 Å². The van der Waals surface area contributed by atoms with Crippen LogP contribution in [-0.2, 0) is 16.1 Å².